The van der Waals surface area contributed by atoms with Crippen LogP contribution < -0.4 is 5.32 Å². The van der Waals surface area contributed by atoms with Crippen molar-refractivity contribution in [3.63, 3.8) is 0 Å². The van der Waals surface area contributed by atoms with Gasteiger partial charge in [0.05, 0.1) is 0 Å². The first-order valence-electron chi connectivity index (χ1n) is 6.84. The molecule has 1 N–H and O–H groups in total. The smallest absolute Gasteiger partial charge is 0.138 e. The van der Waals surface area contributed by atoms with Crippen LogP contribution in [0.1, 0.15) is 23.7 Å². The van der Waals surface area contributed by atoms with Crippen LogP contribution in [-0.4, -0.2) is 21.8 Å². The van der Waals surface area contributed by atoms with Gasteiger partial charge >= 0.3 is 0 Å². The molecular weight excluding hydrogens is 268 g/mol. The molecule has 3 rings (SSSR count). The number of benzene rings is 1. The van der Waals surface area contributed by atoms with E-state index < -0.39 is 0 Å². The van der Waals surface area contributed by atoms with Gasteiger partial charge < -0.3 is 5.32 Å². The lowest BCUT2D eigenvalue weighted by atomic mass is 10.1. The highest BCUT2D eigenvalue weighted by molar-refractivity contribution is 7.19. The predicted octanol–water partition coefficient (Wildman–Crippen LogP) is 3.02. The zero-order chi connectivity index (χ0) is 13.9. The molecule has 1 unspecified atom stereocenters. The Hall–Kier alpha value is -1.72. The average molecular weight is 286 g/mol. The standard InChI is InChI=1S/C15H18N4S/c1-3-19-15(17-10-18-19)9-12(16-2)14-8-11-6-4-5-7-13(11)20-14/h4-8,10,12,16H,3,9H2,1-2H3. The van der Waals surface area contributed by atoms with Gasteiger partial charge in [-0.15, -0.1) is 11.3 Å². The molecule has 0 fully saturated rings. The van der Waals surface area contributed by atoms with Gasteiger partial charge in [-0.25, -0.2) is 4.98 Å². The fourth-order valence-corrected chi connectivity index (χ4v) is 3.59. The molecule has 0 aliphatic rings. The number of nitrogens with zero attached hydrogens (tertiary/aromatic N) is 3. The Bertz CT molecular complexity index is 668. The second kappa shape index (κ2) is 5.73. The third-order valence-corrected chi connectivity index (χ3v) is 4.75. The van der Waals surface area contributed by atoms with Crippen LogP contribution in [0.15, 0.2) is 36.7 Å². The summed E-state index contributed by atoms with van der Waals surface area (Å²) in [7, 11) is 2.00. The van der Waals surface area contributed by atoms with Gasteiger partial charge in [0.25, 0.3) is 0 Å². The van der Waals surface area contributed by atoms with E-state index in [1.165, 1.54) is 15.0 Å². The fraction of sp³-hybridized carbons (Fsp3) is 0.333. The Labute approximate surface area is 122 Å². The van der Waals surface area contributed by atoms with Crippen molar-refractivity contribution < 1.29 is 0 Å². The molecule has 4 nitrogen and oxygen atoms in total. The maximum Gasteiger partial charge on any atom is 0.138 e. The Morgan fingerprint density at radius 1 is 1.35 bits per heavy atom. The minimum atomic E-state index is 0.280. The van der Waals surface area contributed by atoms with Crippen molar-refractivity contribution >= 4 is 21.4 Å². The van der Waals surface area contributed by atoms with E-state index in [4.69, 9.17) is 0 Å². The number of rotatable bonds is 5. The number of likely N-dealkylation sites (N-methyl/N-ethyl adjacent to an activating group) is 1. The number of fused-ring (bicyclic) bond motifs is 1. The van der Waals surface area contributed by atoms with Crippen LogP contribution in [0.3, 0.4) is 0 Å². The predicted molar refractivity (Wildman–Crippen MR) is 83.0 cm³/mol. The quantitative estimate of drug-likeness (QED) is 0.784. The fourth-order valence-electron chi connectivity index (χ4n) is 2.41. The summed E-state index contributed by atoms with van der Waals surface area (Å²) in [5, 5.41) is 8.95. The molecule has 0 aliphatic carbocycles. The summed E-state index contributed by atoms with van der Waals surface area (Å²) in [6.07, 6.45) is 2.49. The molecule has 5 heteroatoms. The van der Waals surface area contributed by atoms with Gasteiger partial charge in [0.15, 0.2) is 0 Å². The van der Waals surface area contributed by atoms with Crippen LogP contribution in [0.5, 0.6) is 0 Å². The van der Waals surface area contributed by atoms with Crippen molar-refractivity contribution in [2.45, 2.75) is 25.9 Å². The number of aryl methyl sites for hydroxylation is 1. The molecule has 0 amide bonds. The molecule has 104 valence electrons. The molecule has 0 bridgehead atoms. The first kappa shape index (κ1) is 13.3. The van der Waals surface area contributed by atoms with Gasteiger partial charge in [-0.2, -0.15) is 5.10 Å². The van der Waals surface area contributed by atoms with Crippen molar-refractivity contribution in [2.24, 2.45) is 0 Å². The molecule has 2 heterocycles. The van der Waals surface area contributed by atoms with Gasteiger partial charge in [0.2, 0.25) is 0 Å². The van der Waals surface area contributed by atoms with E-state index in [0.29, 0.717) is 0 Å². The third kappa shape index (κ3) is 2.46. The minimum absolute atomic E-state index is 0.280. The molecule has 0 radical (unpaired) electrons. The van der Waals surface area contributed by atoms with Crippen LogP contribution in [0.2, 0.25) is 0 Å². The Morgan fingerprint density at radius 3 is 2.95 bits per heavy atom. The first-order valence-corrected chi connectivity index (χ1v) is 7.66. The molecule has 0 saturated carbocycles. The normalized spacial score (nSPS) is 12.9. The Balaban J connectivity index is 1.89. The molecule has 0 spiro atoms. The third-order valence-electron chi connectivity index (χ3n) is 3.52. The zero-order valence-electron chi connectivity index (χ0n) is 11.7. The van der Waals surface area contributed by atoms with Crippen LogP contribution in [0.25, 0.3) is 10.1 Å². The van der Waals surface area contributed by atoms with Crippen molar-refractivity contribution in [1.82, 2.24) is 20.1 Å². The highest BCUT2D eigenvalue weighted by Crippen LogP contribution is 2.30. The van der Waals surface area contributed by atoms with Crippen LogP contribution in [0.4, 0.5) is 0 Å². The summed E-state index contributed by atoms with van der Waals surface area (Å²) in [5.41, 5.74) is 0. The minimum Gasteiger partial charge on any atom is -0.312 e. The zero-order valence-corrected chi connectivity index (χ0v) is 12.5. The number of hydrogen-bond acceptors (Lipinski definition) is 4. The number of hydrogen-bond donors (Lipinski definition) is 1. The second-order valence-corrected chi connectivity index (χ2v) is 5.84. The second-order valence-electron chi connectivity index (χ2n) is 4.72. The molecule has 2 aromatic heterocycles. The molecular formula is C15H18N4S. The molecule has 20 heavy (non-hydrogen) atoms. The van der Waals surface area contributed by atoms with Crippen molar-refractivity contribution in [1.29, 1.82) is 0 Å². The van der Waals surface area contributed by atoms with Gasteiger partial charge in [-0.1, -0.05) is 18.2 Å². The van der Waals surface area contributed by atoms with Crippen LogP contribution >= 0.6 is 11.3 Å². The summed E-state index contributed by atoms with van der Waals surface area (Å²) in [4.78, 5) is 5.72. The highest BCUT2D eigenvalue weighted by Gasteiger charge is 2.16. The molecule has 0 aliphatic heterocycles. The van der Waals surface area contributed by atoms with E-state index in [2.05, 4.69) is 52.7 Å². The summed E-state index contributed by atoms with van der Waals surface area (Å²) >= 11 is 1.85. The molecule has 3 aromatic rings. The van der Waals surface area contributed by atoms with Crippen molar-refractivity contribution in [3.8, 4) is 0 Å². The van der Waals surface area contributed by atoms with E-state index >= 15 is 0 Å². The van der Waals surface area contributed by atoms with Crippen molar-refractivity contribution in [3.05, 3.63) is 47.4 Å². The molecule has 1 aromatic carbocycles. The monoisotopic (exact) mass is 286 g/mol. The summed E-state index contributed by atoms with van der Waals surface area (Å²) in [5.74, 6) is 1.03. The van der Waals surface area contributed by atoms with Gasteiger partial charge in [-0.3, -0.25) is 4.68 Å². The Morgan fingerprint density at radius 2 is 2.20 bits per heavy atom. The largest absolute Gasteiger partial charge is 0.312 e. The van der Waals surface area contributed by atoms with E-state index in [-0.39, 0.29) is 6.04 Å². The lowest BCUT2D eigenvalue weighted by Gasteiger charge is -2.14. The lowest BCUT2D eigenvalue weighted by Crippen LogP contribution is -2.20. The maximum atomic E-state index is 4.37. The average Bonchev–Trinajstić information content (AvgIpc) is 3.10. The van der Waals surface area contributed by atoms with Gasteiger partial charge in [-0.05, 0) is 31.5 Å². The highest BCUT2D eigenvalue weighted by atomic mass is 32.1. The maximum absolute atomic E-state index is 4.37. The van der Waals surface area contributed by atoms with E-state index in [0.717, 1.165) is 18.8 Å². The number of thiophene rings is 1. The summed E-state index contributed by atoms with van der Waals surface area (Å²) < 4.78 is 3.29. The van der Waals surface area contributed by atoms with E-state index in [1.807, 2.05) is 23.1 Å². The Kier molecular flexibility index (Phi) is 3.80. The van der Waals surface area contributed by atoms with Crippen LogP contribution in [-0.2, 0) is 13.0 Å². The molecule has 1 atom stereocenters. The van der Waals surface area contributed by atoms with Crippen LogP contribution in [0, 0.1) is 0 Å². The topological polar surface area (TPSA) is 42.7 Å². The van der Waals surface area contributed by atoms with E-state index in [9.17, 15) is 0 Å². The van der Waals surface area contributed by atoms with Crippen molar-refractivity contribution in [2.75, 3.05) is 7.05 Å². The lowest BCUT2D eigenvalue weighted by molar-refractivity contribution is 0.539. The molecule has 0 saturated heterocycles. The number of aromatic nitrogens is 3. The van der Waals surface area contributed by atoms with Gasteiger partial charge in [0.1, 0.15) is 12.2 Å². The number of nitrogens with one attached hydrogen (secondary N) is 1. The summed E-state index contributed by atoms with van der Waals surface area (Å²) in [6.45, 7) is 2.95. The SMILES string of the molecule is CCn1ncnc1CC(NC)c1cc2ccccc2s1. The van der Waals surface area contributed by atoms with E-state index in [1.54, 1.807) is 6.33 Å². The first-order chi connectivity index (χ1) is 9.81. The summed E-state index contributed by atoms with van der Waals surface area (Å²) in [6, 6.07) is 11.1. The van der Waals surface area contributed by atoms with Gasteiger partial charge in [0, 0.05) is 28.6 Å².